The first-order valence-electron chi connectivity index (χ1n) is 9.50. The Balaban J connectivity index is 1.59. The van der Waals surface area contributed by atoms with Gasteiger partial charge in [-0.3, -0.25) is 5.41 Å². The Kier molecular flexibility index (Phi) is 4.47. The van der Waals surface area contributed by atoms with E-state index in [0.717, 1.165) is 50.3 Å². The van der Waals surface area contributed by atoms with Crippen LogP contribution < -0.4 is 21.1 Å². The van der Waals surface area contributed by atoms with Crippen molar-refractivity contribution in [1.29, 1.82) is 5.41 Å². The van der Waals surface area contributed by atoms with Gasteiger partial charge in [0.05, 0.1) is 11.4 Å². The lowest BCUT2D eigenvalue weighted by Crippen LogP contribution is -2.27. The van der Waals surface area contributed by atoms with E-state index in [2.05, 4.69) is 21.8 Å². The number of hydrogen-bond acceptors (Lipinski definition) is 7. The minimum atomic E-state index is -0.0355. The predicted octanol–water partition coefficient (Wildman–Crippen LogP) is 2.33. The van der Waals surface area contributed by atoms with E-state index in [1.165, 1.54) is 6.33 Å². The van der Waals surface area contributed by atoms with E-state index in [0.29, 0.717) is 16.9 Å². The van der Waals surface area contributed by atoms with Gasteiger partial charge in [-0.05, 0) is 43.9 Å². The lowest BCUT2D eigenvalue weighted by atomic mass is 10.0. The predicted molar refractivity (Wildman–Crippen MR) is 107 cm³/mol. The van der Waals surface area contributed by atoms with Crippen LogP contribution in [-0.2, 0) is 0 Å². The molecule has 0 spiro atoms. The van der Waals surface area contributed by atoms with Crippen molar-refractivity contribution in [2.45, 2.75) is 44.2 Å². The number of nitrogens with two attached hydrogens (primary N) is 2. The van der Waals surface area contributed by atoms with Gasteiger partial charge in [0.15, 0.2) is 0 Å². The normalized spacial score (nSPS) is 20.5. The Labute approximate surface area is 159 Å². The fourth-order valence-corrected chi connectivity index (χ4v) is 3.52. The van der Waals surface area contributed by atoms with E-state index in [-0.39, 0.29) is 17.4 Å². The summed E-state index contributed by atoms with van der Waals surface area (Å²) in [6, 6.07) is 7.52. The number of nitrogens with zero attached hydrogens (tertiary/aromatic N) is 3. The summed E-state index contributed by atoms with van der Waals surface area (Å²) in [5.74, 6) is 1.55. The summed E-state index contributed by atoms with van der Waals surface area (Å²) in [4.78, 5) is 10.8. The number of rotatable bonds is 6. The molecule has 2 aromatic rings. The van der Waals surface area contributed by atoms with Crippen molar-refractivity contribution in [1.82, 2.24) is 9.97 Å². The largest absolute Gasteiger partial charge is 0.487 e. The second-order valence-electron chi connectivity index (χ2n) is 7.52. The smallest absolute Gasteiger partial charge is 0.132 e. The quantitative estimate of drug-likeness (QED) is 0.534. The summed E-state index contributed by atoms with van der Waals surface area (Å²) in [7, 11) is 0. The average molecular weight is 366 g/mol. The van der Waals surface area contributed by atoms with Crippen molar-refractivity contribution in [3.05, 3.63) is 41.9 Å². The van der Waals surface area contributed by atoms with Crippen LogP contribution in [0.2, 0.25) is 0 Å². The number of benzene rings is 1. The minimum Gasteiger partial charge on any atom is -0.487 e. The molecule has 1 aliphatic carbocycles. The maximum Gasteiger partial charge on any atom is 0.132 e. The third-order valence-corrected chi connectivity index (χ3v) is 5.54. The average Bonchev–Trinajstić information content (AvgIpc) is 3.33. The zero-order valence-electron chi connectivity index (χ0n) is 15.6. The molecule has 142 valence electrons. The number of hydrogen-bond donors (Lipinski definition) is 3. The lowest BCUT2D eigenvalue weighted by molar-refractivity contribution is 0.174. The highest BCUT2D eigenvalue weighted by atomic mass is 16.5. The number of ether oxygens (including phenoxy) is 1. The van der Waals surface area contributed by atoms with Crippen LogP contribution in [0, 0.1) is 5.41 Å². The fraction of sp³-hybridized carbons (Fsp3) is 0.450. The Morgan fingerprint density at radius 2 is 2.15 bits per heavy atom. The lowest BCUT2D eigenvalue weighted by Gasteiger charge is -2.19. The molecule has 0 radical (unpaired) electrons. The van der Waals surface area contributed by atoms with Gasteiger partial charge in [0.25, 0.3) is 0 Å². The zero-order valence-corrected chi connectivity index (χ0v) is 15.6. The first-order chi connectivity index (χ1) is 13.0. The van der Waals surface area contributed by atoms with E-state index in [4.69, 9.17) is 21.6 Å². The maximum absolute atomic E-state index is 8.64. The van der Waals surface area contributed by atoms with Crippen LogP contribution in [-0.4, -0.2) is 40.4 Å². The van der Waals surface area contributed by atoms with Crippen molar-refractivity contribution < 1.29 is 4.74 Å². The molecule has 1 aromatic heterocycles. The number of nitrogen functional groups attached to an aromatic ring is 1. The topological polar surface area (TPSA) is 114 Å². The van der Waals surface area contributed by atoms with Gasteiger partial charge in [0, 0.05) is 36.4 Å². The summed E-state index contributed by atoms with van der Waals surface area (Å²) in [6.07, 6.45) is 5.58. The van der Waals surface area contributed by atoms with Crippen LogP contribution in [0.1, 0.15) is 43.9 Å². The van der Waals surface area contributed by atoms with Gasteiger partial charge in [0.1, 0.15) is 23.5 Å². The number of nitrogens with one attached hydrogen (secondary N) is 1. The number of aromatic nitrogens is 2. The molecule has 1 atom stereocenters. The van der Waals surface area contributed by atoms with Crippen molar-refractivity contribution >= 4 is 17.2 Å². The number of anilines is 2. The molecule has 7 heteroatoms. The van der Waals surface area contributed by atoms with E-state index in [1.807, 2.05) is 18.2 Å². The highest BCUT2D eigenvalue weighted by molar-refractivity contribution is 6.13. The SMILES string of the molecule is CCC1(Oc2ccc(N)c(C(=N)c3cc(N4CCC(N)C4)ncn3)c2)CC1. The highest BCUT2D eigenvalue weighted by Gasteiger charge is 2.43. The summed E-state index contributed by atoms with van der Waals surface area (Å²) in [5.41, 5.74) is 14.1. The molecular formula is C20H26N6O. The molecule has 2 aliphatic rings. The summed E-state index contributed by atoms with van der Waals surface area (Å²) in [5, 5.41) is 8.64. The van der Waals surface area contributed by atoms with Crippen LogP contribution in [0.25, 0.3) is 0 Å². The molecule has 2 heterocycles. The standard InChI is InChI=1S/C20H26N6O/c1-2-20(6-7-20)27-14-3-4-16(22)15(9-14)19(23)17-10-18(25-12-24-17)26-8-5-13(21)11-26/h3-4,9-10,12-13,23H,2,5-8,11,21-22H2,1H3. The molecule has 0 amide bonds. The molecule has 0 bridgehead atoms. The van der Waals surface area contributed by atoms with Gasteiger partial charge in [-0.1, -0.05) is 6.92 Å². The third-order valence-electron chi connectivity index (χ3n) is 5.54. The van der Waals surface area contributed by atoms with Crippen LogP contribution >= 0.6 is 0 Å². The minimum absolute atomic E-state index is 0.0355. The zero-order chi connectivity index (χ0) is 19.0. The molecule has 4 rings (SSSR count). The fourth-order valence-electron chi connectivity index (χ4n) is 3.52. The Morgan fingerprint density at radius 1 is 1.33 bits per heavy atom. The van der Waals surface area contributed by atoms with Crippen LogP contribution in [0.15, 0.2) is 30.6 Å². The van der Waals surface area contributed by atoms with E-state index in [1.54, 1.807) is 6.07 Å². The van der Waals surface area contributed by atoms with Crippen LogP contribution in [0.5, 0.6) is 5.75 Å². The van der Waals surface area contributed by atoms with Gasteiger partial charge in [-0.2, -0.15) is 0 Å². The van der Waals surface area contributed by atoms with Crippen molar-refractivity contribution in [3.63, 3.8) is 0 Å². The monoisotopic (exact) mass is 366 g/mol. The van der Waals surface area contributed by atoms with Gasteiger partial charge >= 0.3 is 0 Å². The van der Waals surface area contributed by atoms with Gasteiger partial charge in [-0.15, -0.1) is 0 Å². The molecule has 1 saturated carbocycles. The van der Waals surface area contributed by atoms with Crippen molar-refractivity contribution in [3.8, 4) is 5.75 Å². The van der Waals surface area contributed by atoms with E-state index in [9.17, 15) is 0 Å². The second-order valence-corrected chi connectivity index (χ2v) is 7.52. The molecule has 1 aromatic carbocycles. The van der Waals surface area contributed by atoms with Gasteiger partial charge in [0.2, 0.25) is 0 Å². The molecule has 2 fully saturated rings. The second kappa shape index (κ2) is 6.81. The van der Waals surface area contributed by atoms with Gasteiger partial charge < -0.3 is 21.1 Å². The molecule has 1 unspecified atom stereocenters. The first kappa shape index (κ1) is 17.7. The summed E-state index contributed by atoms with van der Waals surface area (Å²) in [6.45, 7) is 3.78. The molecule has 5 N–H and O–H groups in total. The highest BCUT2D eigenvalue weighted by Crippen LogP contribution is 2.43. The first-order valence-corrected chi connectivity index (χ1v) is 9.50. The van der Waals surface area contributed by atoms with E-state index < -0.39 is 0 Å². The van der Waals surface area contributed by atoms with Crippen LogP contribution in [0.4, 0.5) is 11.5 Å². The third kappa shape index (κ3) is 3.60. The van der Waals surface area contributed by atoms with Crippen molar-refractivity contribution in [2.24, 2.45) is 5.73 Å². The molecule has 27 heavy (non-hydrogen) atoms. The molecule has 1 aliphatic heterocycles. The van der Waals surface area contributed by atoms with E-state index >= 15 is 0 Å². The van der Waals surface area contributed by atoms with Crippen LogP contribution in [0.3, 0.4) is 0 Å². The Morgan fingerprint density at radius 3 is 2.81 bits per heavy atom. The molecule has 1 saturated heterocycles. The van der Waals surface area contributed by atoms with Crippen molar-refractivity contribution in [2.75, 3.05) is 23.7 Å². The summed E-state index contributed by atoms with van der Waals surface area (Å²) < 4.78 is 6.15. The van der Waals surface area contributed by atoms with Gasteiger partial charge in [-0.25, -0.2) is 9.97 Å². The Bertz CT molecular complexity index is 863. The summed E-state index contributed by atoms with van der Waals surface area (Å²) >= 11 is 0. The Hall–Kier alpha value is -2.67. The maximum atomic E-state index is 8.64. The molecule has 7 nitrogen and oxygen atoms in total. The molecular weight excluding hydrogens is 340 g/mol.